The molecule has 4 rings (SSSR count). The Morgan fingerprint density at radius 2 is 1.63 bits per heavy atom. The largest absolute Gasteiger partial charge is 0.452 e. The lowest BCUT2D eigenvalue weighted by Gasteiger charge is -2.40. The summed E-state index contributed by atoms with van der Waals surface area (Å²) < 4.78 is 10.5. The monoisotopic (exact) mass is 522 g/mol. The van der Waals surface area contributed by atoms with Gasteiger partial charge in [0, 0.05) is 31.6 Å². The molecule has 0 aliphatic carbocycles. The molecule has 0 radical (unpaired) electrons. The number of methoxy groups -OCH3 is 1. The third-order valence-corrected chi connectivity index (χ3v) is 6.69. The van der Waals surface area contributed by atoms with E-state index in [-0.39, 0.29) is 36.5 Å². The maximum absolute atomic E-state index is 13.0. The Morgan fingerprint density at radius 1 is 0.947 bits per heavy atom. The molecule has 2 heterocycles. The van der Waals surface area contributed by atoms with Crippen LogP contribution in [0, 0.1) is 0 Å². The Kier molecular flexibility index (Phi) is 7.89. The first-order valence-corrected chi connectivity index (χ1v) is 12.7. The number of hydrogen-bond donors (Lipinski definition) is 1. The summed E-state index contributed by atoms with van der Waals surface area (Å²) in [6, 6.07) is 12.4. The van der Waals surface area contributed by atoms with Crippen LogP contribution in [0.25, 0.3) is 11.1 Å². The summed E-state index contributed by atoms with van der Waals surface area (Å²) in [5.41, 5.74) is 3.31. The quantitative estimate of drug-likeness (QED) is 0.650. The fraction of sp³-hybridized carbons (Fsp3) is 0.429. The van der Waals surface area contributed by atoms with E-state index in [1.807, 2.05) is 31.2 Å². The summed E-state index contributed by atoms with van der Waals surface area (Å²) >= 11 is 0. The minimum atomic E-state index is -0.506. The van der Waals surface area contributed by atoms with Crippen LogP contribution in [0.4, 0.5) is 21.0 Å². The fourth-order valence-electron chi connectivity index (χ4n) is 4.96. The number of likely N-dealkylation sites (tertiary alicyclic amines) is 1. The Morgan fingerprint density at radius 3 is 2.26 bits per heavy atom. The van der Waals surface area contributed by atoms with E-state index in [4.69, 9.17) is 9.47 Å². The summed E-state index contributed by atoms with van der Waals surface area (Å²) in [4.78, 5) is 54.6. The van der Waals surface area contributed by atoms with Gasteiger partial charge in [0.05, 0.1) is 37.2 Å². The van der Waals surface area contributed by atoms with Crippen LogP contribution in [0.1, 0.15) is 44.5 Å². The predicted octanol–water partition coefficient (Wildman–Crippen LogP) is 4.03. The zero-order valence-corrected chi connectivity index (χ0v) is 22.4. The number of nitrogens with one attached hydrogen (secondary N) is 1. The van der Waals surface area contributed by atoms with E-state index in [0.717, 1.165) is 17.5 Å². The number of rotatable bonds is 4. The van der Waals surface area contributed by atoms with Crippen molar-refractivity contribution in [3.05, 3.63) is 48.0 Å². The molecule has 0 bridgehead atoms. The molecule has 10 nitrogen and oxygen atoms in total. The molecule has 0 saturated carbocycles. The molecule has 1 fully saturated rings. The second-order valence-corrected chi connectivity index (χ2v) is 9.95. The first kappa shape index (κ1) is 27.0. The average Bonchev–Trinajstić information content (AvgIpc) is 3.34. The zero-order valence-electron chi connectivity index (χ0n) is 22.4. The van der Waals surface area contributed by atoms with Gasteiger partial charge in [-0.15, -0.1) is 0 Å². The third-order valence-electron chi connectivity index (χ3n) is 6.69. The van der Waals surface area contributed by atoms with Gasteiger partial charge in [0.25, 0.3) is 5.91 Å². The predicted molar refractivity (Wildman–Crippen MR) is 143 cm³/mol. The van der Waals surface area contributed by atoms with E-state index >= 15 is 0 Å². The second-order valence-electron chi connectivity index (χ2n) is 9.95. The van der Waals surface area contributed by atoms with E-state index in [2.05, 4.69) is 5.32 Å². The summed E-state index contributed by atoms with van der Waals surface area (Å²) in [7, 11) is 1.33. The van der Waals surface area contributed by atoms with Gasteiger partial charge in [0.1, 0.15) is 0 Å². The van der Waals surface area contributed by atoms with Crippen molar-refractivity contribution >= 4 is 35.4 Å². The van der Waals surface area contributed by atoms with Gasteiger partial charge in [-0.1, -0.05) is 18.2 Å². The highest BCUT2D eigenvalue weighted by atomic mass is 16.6. The minimum absolute atomic E-state index is 0.0242. The van der Waals surface area contributed by atoms with E-state index in [1.165, 1.54) is 18.9 Å². The normalized spacial score (nSPS) is 18.7. The molecule has 2 atom stereocenters. The van der Waals surface area contributed by atoms with Crippen LogP contribution >= 0.6 is 0 Å². The van der Waals surface area contributed by atoms with Crippen LogP contribution in [0.15, 0.2) is 42.5 Å². The zero-order chi connectivity index (χ0) is 27.6. The van der Waals surface area contributed by atoms with Crippen LogP contribution in [0.3, 0.4) is 0 Å². The molecule has 2 aromatic rings. The first-order chi connectivity index (χ1) is 18.1. The highest BCUT2D eigenvalue weighted by Gasteiger charge is 2.36. The summed E-state index contributed by atoms with van der Waals surface area (Å²) in [6.45, 7) is 8.22. The average molecular weight is 523 g/mol. The van der Waals surface area contributed by atoms with E-state index in [0.29, 0.717) is 30.0 Å². The number of ether oxygens (including phenoxy) is 2. The number of fused-ring (bicyclic) bond motifs is 1. The molecule has 2 aliphatic rings. The van der Waals surface area contributed by atoms with Crippen molar-refractivity contribution < 1.29 is 28.7 Å². The number of amides is 4. The lowest BCUT2D eigenvalue weighted by Crippen LogP contribution is -2.52. The highest BCUT2D eigenvalue weighted by molar-refractivity contribution is 6.02. The molecule has 0 spiro atoms. The van der Waals surface area contributed by atoms with Gasteiger partial charge in [-0.25, -0.2) is 9.59 Å². The summed E-state index contributed by atoms with van der Waals surface area (Å²) in [5, 5.41) is 2.87. The van der Waals surface area contributed by atoms with Crippen molar-refractivity contribution in [3.8, 4) is 11.1 Å². The van der Waals surface area contributed by atoms with E-state index in [1.54, 1.807) is 41.8 Å². The van der Waals surface area contributed by atoms with Gasteiger partial charge in [-0.3, -0.25) is 19.4 Å². The molecule has 0 unspecified atom stereocenters. The van der Waals surface area contributed by atoms with Gasteiger partial charge in [-0.2, -0.15) is 0 Å². The molecule has 38 heavy (non-hydrogen) atoms. The van der Waals surface area contributed by atoms with Crippen LogP contribution in [-0.2, 0) is 14.3 Å². The van der Waals surface area contributed by atoms with Crippen molar-refractivity contribution in [2.45, 2.75) is 52.3 Å². The van der Waals surface area contributed by atoms with Gasteiger partial charge in [0.2, 0.25) is 5.91 Å². The van der Waals surface area contributed by atoms with Gasteiger partial charge < -0.3 is 19.7 Å². The summed E-state index contributed by atoms with van der Waals surface area (Å²) in [6.07, 6.45) is -0.555. The van der Waals surface area contributed by atoms with Crippen molar-refractivity contribution in [1.29, 1.82) is 0 Å². The smallest absolute Gasteiger partial charge is 0.414 e. The van der Waals surface area contributed by atoms with Crippen LogP contribution in [0.5, 0.6) is 0 Å². The molecule has 0 aromatic heterocycles. The molecule has 10 heteroatoms. The van der Waals surface area contributed by atoms with Crippen LogP contribution < -0.4 is 15.1 Å². The van der Waals surface area contributed by atoms with E-state index < -0.39 is 12.2 Å². The second kappa shape index (κ2) is 11.1. The highest BCUT2D eigenvalue weighted by Crippen LogP contribution is 2.39. The van der Waals surface area contributed by atoms with Crippen molar-refractivity contribution in [1.82, 2.24) is 10.2 Å². The number of carbonyl (C=O) groups excluding carboxylic acids is 4. The van der Waals surface area contributed by atoms with Crippen molar-refractivity contribution in [2.24, 2.45) is 0 Å². The molecule has 2 aliphatic heterocycles. The first-order valence-electron chi connectivity index (χ1n) is 12.7. The molecule has 2 aromatic carbocycles. The maximum Gasteiger partial charge on any atom is 0.414 e. The Hall–Kier alpha value is -4.08. The molecular weight excluding hydrogens is 488 g/mol. The van der Waals surface area contributed by atoms with E-state index in [9.17, 15) is 19.2 Å². The van der Waals surface area contributed by atoms with Gasteiger partial charge in [-0.05, 0) is 62.6 Å². The number of hydrogen-bond acceptors (Lipinski definition) is 6. The van der Waals surface area contributed by atoms with Crippen molar-refractivity contribution in [3.63, 3.8) is 0 Å². The lowest BCUT2D eigenvalue weighted by atomic mass is 10.00. The van der Waals surface area contributed by atoms with Crippen LogP contribution in [-0.4, -0.2) is 73.8 Å². The standard InChI is InChI=1S/C28H34N4O6/c1-17(2)38-27(35)31-15-18(3)32(28(36)37-5)24-11-10-22(14-25(24)31)20-6-8-21(9-7-20)26(34)30-13-12-23(16-30)29-19(4)33/h6-11,14,17-18,23H,12-13,15-16H2,1-5H3,(H,29,33)/t18-,23-/m0/s1. The Labute approximate surface area is 222 Å². The molecule has 4 amide bonds. The summed E-state index contributed by atoms with van der Waals surface area (Å²) in [5.74, 6) is -0.181. The minimum Gasteiger partial charge on any atom is -0.452 e. The number of benzene rings is 2. The topological polar surface area (TPSA) is 108 Å². The van der Waals surface area contributed by atoms with Crippen molar-refractivity contribution in [2.75, 3.05) is 36.5 Å². The Balaban J connectivity index is 1.60. The molecule has 1 saturated heterocycles. The van der Waals surface area contributed by atoms with Crippen LogP contribution in [0.2, 0.25) is 0 Å². The Bertz CT molecular complexity index is 1230. The van der Waals surface area contributed by atoms with Gasteiger partial charge >= 0.3 is 12.2 Å². The fourth-order valence-corrected chi connectivity index (χ4v) is 4.96. The molecule has 202 valence electrons. The van der Waals surface area contributed by atoms with Gasteiger partial charge in [0.15, 0.2) is 0 Å². The lowest BCUT2D eigenvalue weighted by molar-refractivity contribution is -0.119. The SMILES string of the molecule is COC(=O)N1c2ccc(-c3ccc(C(=O)N4CC[C@H](NC(C)=O)C4)cc3)cc2N(C(=O)OC(C)C)C[C@@H]1C. The number of nitrogens with zero attached hydrogens (tertiary/aromatic N) is 3. The maximum atomic E-state index is 13.0. The molecule has 1 N–H and O–H groups in total. The number of carbonyl (C=O) groups is 4. The third kappa shape index (κ3) is 5.58. The molecular formula is C28H34N4O6. The number of anilines is 2.